The van der Waals surface area contributed by atoms with Gasteiger partial charge in [0, 0.05) is 18.5 Å². The number of hydrogen-bond donors (Lipinski definition) is 0. The summed E-state index contributed by atoms with van der Waals surface area (Å²) in [5, 5.41) is 0. The molecule has 2 heteroatoms. The fraction of sp³-hybridized carbons (Fsp3) is 0.706. The molecule has 0 aromatic carbocycles. The van der Waals surface area contributed by atoms with Gasteiger partial charge in [-0.3, -0.25) is 4.79 Å². The Morgan fingerprint density at radius 2 is 1.84 bits per heavy atom. The summed E-state index contributed by atoms with van der Waals surface area (Å²) in [5.74, 6) is 0.671. The van der Waals surface area contributed by atoms with E-state index in [1.807, 2.05) is 4.90 Å². The van der Waals surface area contributed by atoms with Gasteiger partial charge < -0.3 is 4.90 Å². The van der Waals surface area contributed by atoms with Gasteiger partial charge in [-0.25, -0.2) is 0 Å². The van der Waals surface area contributed by atoms with Crippen LogP contribution < -0.4 is 0 Å². The van der Waals surface area contributed by atoms with Crippen molar-refractivity contribution in [1.82, 2.24) is 4.90 Å². The van der Waals surface area contributed by atoms with Crippen LogP contribution in [0.25, 0.3) is 0 Å². The molecule has 0 atom stereocenters. The second-order valence-electron chi connectivity index (χ2n) is 6.23. The molecular formula is C17H29NO. The molecule has 0 bridgehead atoms. The lowest BCUT2D eigenvalue weighted by atomic mass is 10.1. The van der Waals surface area contributed by atoms with Crippen LogP contribution in [0.2, 0.25) is 0 Å². The molecule has 0 radical (unpaired) electrons. The van der Waals surface area contributed by atoms with Crippen LogP contribution in [0.4, 0.5) is 0 Å². The van der Waals surface area contributed by atoms with Gasteiger partial charge >= 0.3 is 0 Å². The monoisotopic (exact) mass is 263 g/mol. The summed E-state index contributed by atoms with van der Waals surface area (Å²) in [7, 11) is 0. The summed E-state index contributed by atoms with van der Waals surface area (Å²) in [4.78, 5) is 14.2. The Bertz CT molecular complexity index is 357. The summed E-state index contributed by atoms with van der Waals surface area (Å²) >= 11 is 0. The maximum Gasteiger partial charge on any atom is 0.226 e. The second-order valence-corrected chi connectivity index (χ2v) is 6.23. The lowest BCUT2D eigenvalue weighted by Gasteiger charge is -2.25. The molecule has 0 N–H and O–H groups in total. The first-order chi connectivity index (χ1) is 8.91. The molecule has 1 aliphatic rings. The molecule has 0 aromatic rings. The molecule has 0 heterocycles. The number of nitrogens with zero attached hydrogens (tertiary/aromatic N) is 1. The quantitative estimate of drug-likeness (QED) is 0.626. The third kappa shape index (κ3) is 6.09. The van der Waals surface area contributed by atoms with E-state index in [4.69, 9.17) is 0 Å². The minimum atomic E-state index is 0.301. The van der Waals surface area contributed by atoms with E-state index in [0.29, 0.717) is 17.9 Å². The van der Waals surface area contributed by atoms with E-state index in [9.17, 15) is 4.79 Å². The molecule has 1 fully saturated rings. The molecule has 108 valence electrons. The van der Waals surface area contributed by atoms with Crippen molar-refractivity contribution < 1.29 is 4.79 Å². The Balaban J connectivity index is 2.45. The average Bonchev–Trinajstić information content (AvgIpc) is 3.11. The van der Waals surface area contributed by atoms with E-state index in [-0.39, 0.29) is 0 Å². The molecular weight excluding hydrogens is 234 g/mol. The number of allylic oxidation sites excluding steroid dienone is 3. The first-order valence-electron chi connectivity index (χ1n) is 7.51. The standard InChI is InChI=1S/C17H29NO/c1-13(2)7-6-8-15(5)11-12-18(14(3)4)17(19)16-9-10-16/h7,11,14,16H,6,8-10,12H2,1-5H3/b15-11-. The van der Waals surface area contributed by atoms with Crippen LogP contribution in [0.15, 0.2) is 23.3 Å². The van der Waals surface area contributed by atoms with Gasteiger partial charge in [-0.05, 0) is 60.3 Å². The van der Waals surface area contributed by atoms with Gasteiger partial charge in [0.2, 0.25) is 5.91 Å². The number of amides is 1. The summed E-state index contributed by atoms with van der Waals surface area (Å²) in [6.07, 6.45) is 8.86. The van der Waals surface area contributed by atoms with Crippen molar-refractivity contribution in [2.75, 3.05) is 6.54 Å². The summed E-state index contributed by atoms with van der Waals surface area (Å²) in [5.41, 5.74) is 2.76. The van der Waals surface area contributed by atoms with E-state index in [1.165, 1.54) is 11.1 Å². The molecule has 0 aromatic heterocycles. The molecule has 0 saturated heterocycles. The number of carbonyl (C=O) groups excluding carboxylic acids is 1. The van der Waals surface area contributed by atoms with E-state index in [2.05, 4.69) is 46.8 Å². The fourth-order valence-corrected chi connectivity index (χ4v) is 2.06. The summed E-state index contributed by atoms with van der Waals surface area (Å²) in [6.45, 7) is 11.4. The van der Waals surface area contributed by atoms with Crippen LogP contribution in [0, 0.1) is 5.92 Å². The smallest absolute Gasteiger partial charge is 0.226 e. The lowest BCUT2D eigenvalue weighted by Crippen LogP contribution is -2.38. The molecule has 2 nitrogen and oxygen atoms in total. The zero-order valence-corrected chi connectivity index (χ0v) is 13.2. The SMILES string of the molecule is CC(C)=CCC/C(C)=C\CN(C(=O)C1CC1)C(C)C. The first kappa shape index (κ1) is 16.0. The zero-order valence-electron chi connectivity index (χ0n) is 13.2. The van der Waals surface area contributed by atoms with Crippen LogP contribution in [0.3, 0.4) is 0 Å². The van der Waals surface area contributed by atoms with Crippen molar-refractivity contribution in [3.8, 4) is 0 Å². The minimum absolute atomic E-state index is 0.301. The maximum absolute atomic E-state index is 12.2. The van der Waals surface area contributed by atoms with E-state index in [1.54, 1.807) is 0 Å². The van der Waals surface area contributed by atoms with Crippen molar-refractivity contribution in [3.05, 3.63) is 23.3 Å². The predicted molar refractivity (Wildman–Crippen MR) is 82.0 cm³/mol. The molecule has 1 rings (SSSR count). The Morgan fingerprint density at radius 3 is 2.32 bits per heavy atom. The van der Waals surface area contributed by atoms with Gasteiger partial charge in [-0.2, -0.15) is 0 Å². The van der Waals surface area contributed by atoms with Crippen LogP contribution in [-0.4, -0.2) is 23.4 Å². The van der Waals surface area contributed by atoms with Crippen LogP contribution in [-0.2, 0) is 4.79 Å². The highest BCUT2D eigenvalue weighted by atomic mass is 16.2. The van der Waals surface area contributed by atoms with Crippen molar-refractivity contribution in [2.24, 2.45) is 5.92 Å². The predicted octanol–water partition coefficient (Wildman–Crippen LogP) is 4.33. The highest BCUT2D eigenvalue weighted by molar-refractivity contribution is 5.81. The van der Waals surface area contributed by atoms with Gasteiger partial charge in [-0.1, -0.05) is 23.3 Å². The normalized spacial score (nSPS) is 15.6. The zero-order chi connectivity index (χ0) is 14.4. The number of hydrogen-bond acceptors (Lipinski definition) is 1. The largest absolute Gasteiger partial charge is 0.336 e. The van der Waals surface area contributed by atoms with E-state index in [0.717, 1.165) is 32.2 Å². The average molecular weight is 263 g/mol. The Labute approximate surface area is 118 Å². The molecule has 19 heavy (non-hydrogen) atoms. The van der Waals surface area contributed by atoms with Gasteiger partial charge in [-0.15, -0.1) is 0 Å². The number of carbonyl (C=O) groups is 1. The molecule has 1 aliphatic carbocycles. The summed E-state index contributed by atoms with van der Waals surface area (Å²) in [6, 6.07) is 0.301. The maximum atomic E-state index is 12.2. The van der Waals surface area contributed by atoms with Crippen molar-refractivity contribution >= 4 is 5.91 Å². The molecule has 0 aliphatic heterocycles. The van der Waals surface area contributed by atoms with Gasteiger partial charge in [0.1, 0.15) is 0 Å². The molecule has 1 amide bonds. The second kappa shape index (κ2) is 7.52. The molecule has 1 saturated carbocycles. The topological polar surface area (TPSA) is 20.3 Å². The fourth-order valence-electron chi connectivity index (χ4n) is 2.06. The van der Waals surface area contributed by atoms with Gasteiger partial charge in [0.25, 0.3) is 0 Å². The molecule has 0 spiro atoms. The van der Waals surface area contributed by atoms with Gasteiger partial charge in [0.15, 0.2) is 0 Å². The Kier molecular flexibility index (Phi) is 6.33. The van der Waals surface area contributed by atoms with Crippen LogP contribution in [0.1, 0.15) is 60.3 Å². The van der Waals surface area contributed by atoms with Crippen molar-refractivity contribution in [1.29, 1.82) is 0 Å². The molecule has 0 unspecified atom stereocenters. The third-order valence-corrected chi connectivity index (χ3v) is 3.56. The van der Waals surface area contributed by atoms with Gasteiger partial charge in [0.05, 0.1) is 0 Å². The first-order valence-corrected chi connectivity index (χ1v) is 7.51. The van der Waals surface area contributed by atoms with E-state index < -0.39 is 0 Å². The summed E-state index contributed by atoms with van der Waals surface area (Å²) < 4.78 is 0. The van der Waals surface area contributed by atoms with Crippen molar-refractivity contribution in [2.45, 2.75) is 66.3 Å². The third-order valence-electron chi connectivity index (χ3n) is 3.56. The highest BCUT2D eigenvalue weighted by Gasteiger charge is 2.33. The Hall–Kier alpha value is -1.05. The minimum Gasteiger partial charge on any atom is -0.336 e. The van der Waals surface area contributed by atoms with Crippen LogP contribution in [0.5, 0.6) is 0 Å². The van der Waals surface area contributed by atoms with E-state index >= 15 is 0 Å². The lowest BCUT2D eigenvalue weighted by molar-refractivity contribution is -0.133. The van der Waals surface area contributed by atoms with Crippen molar-refractivity contribution in [3.63, 3.8) is 0 Å². The van der Waals surface area contributed by atoms with Crippen LogP contribution >= 0.6 is 0 Å². The number of rotatable bonds is 7. The highest BCUT2D eigenvalue weighted by Crippen LogP contribution is 2.31. The Morgan fingerprint density at radius 1 is 1.21 bits per heavy atom.